The van der Waals surface area contributed by atoms with Crippen LogP contribution in [0.3, 0.4) is 0 Å². The predicted molar refractivity (Wildman–Crippen MR) is 57.6 cm³/mol. The summed E-state index contributed by atoms with van der Waals surface area (Å²) in [5.74, 6) is -1.51. The van der Waals surface area contributed by atoms with E-state index in [0.717, 1.165) is 6.26 Å². The first-order chi connectivity index (χ1) is 7.92. The summed E-state index contributed by atoms with van der Waals surface area (Å²) in [6.07, 6.45) is 1.69. The number of hydrogen-bond acceptors (Lipinski definition) is 5. The Labute approximate surface area is 97.2 Å². The van der Waals surface area contributed by atoms with E-state index < -0.39 is 11.4 Å². The minimum Gasteiger partial charge on any atom is -0.476 e. The number of aromatic carboxylic acids is 1. The molecule has 17 heavy (non-hydrogen) atoms. The highest BCUT2D eigenvalue weighted by molar-refractivity contribution is 5.85. The molecule has 92 valence electrons. The van der Waals surface area contributed by atoms with Crippen molar-refractivity contribution in [1.29, 1.82) is 0 Å². The van der Waals surface area contributed by atoms with E-state index in [1.807, 2.05) is 0 Å². The molecule has 1 aliphatic rings. The van der Waals surface area contributed by atoms with E-state index in [1.165, 1.54) is 0 Å². The SMILES string of the molecule is CC1(C(N)=O)CCN(c2nc(C(=O)O)co2)C1. The van der Waals surface area contributed by atoms with Crippen LogP contribution in [0.1, 0.15) is 23.8 Å². The van der Waals surface area contributed by atoms with Crippen molar-refractivity contribution in [2.45, 2.75) is 13.3 Å². The smallest absolute Gasteiger partial charge is 0.357 e. The maximum atomic E-state index is 11.3. The number of anilines is 1. The normalized spacial score (nSPS) is 23.9. The van der Waals surface area contributed by atoms with Crippen molar-refractivity contribution >= 4 is 17.9 Å². The number of primary amides is 1. The van der Waals surface area contributed by atoms with E-state index in [-0.39, 0.29) is 17.6 Å². The van der Waals surface area contributed by atoms with Gasteiger partial charge in [0, 0.05) is 13.1 Å². The van der Waals surface area contributed by atoms with Gasteiger partial charge in [-0.05, 0) is 13.3 Å². The first-order valence-electron chi connectivity index (χ1n) is 5.16. The zero-order valence-electron chi connectivity index (χ0n) is 9.34. The minimum atomic E-state index is -1.14. The van der Waals surface area contributed by atoms with E-state index in [1.54, 1.807) is 11.8 Å². The van der Waals surface area contributed by atoms with Crippen LogP contribution in [-0.2, 0) is 4.79 Å². The average Bonchev–Trinajstić information content (AvgIpc) is 2.84. The summed E-state index contributed by atoms with van der Waals surface area (Å²) in [6.45, 7) is 2.73. The molecule has 1 unspecified atom stereocenters. The standard InChI is InChI=1S/C10H13N3O4/c1-10(8(11)16)2-3-13(5-10)9-12-6(4-17-9)7(14)15/h4H,2-3,5H2,1H3,(H2,11,16)(H,14,15). The third kappa shape index (κ3) is 1.95. The van der Waals surface area contributed by atoms with Gasteiger partial charge in [0.25, 0.3) is 6.01 Å². The van der Waals surface area contributed by atoms with Crippen LogP contribution < -0.4 is 10.6 Å². The second-order valence-corrected chi connectivity index (χ2v) is 4.42. The molecule has 0 spiro atoms. The van der Waals surface area contributed by atoms with Gasteiger partial charge in [-0.2, -0.15) is 4.98 Å². The van der Waals surface area contributed by atoms with Gasteiger partial charge < -0.3 is 20.2 Å². The second-order valence-electron chi connectivity index (χ2n) is 4.42. The third-order valence-electron chi connectivity index (χ3n) is 3.05. The third-order valence-corrected chi connectivity index (χ3v) is 3.05. The molecule has 1 amide bonds. The second kappa shape index (κ2) is 3.76. The van der Waals surface area contributed by atoms with Crippen molar-refractivity contribution in [3.05, 3.63) is 12.0 Å². The van der Waals surface area contributed by atoms with E-state index in [9.17, 15) is 9.59 Å². The van der Waals surface area contributed by atoms with Crippen LogP contribution in [0.2, 0.25) is 0 Å². The molecule has 2 rings (SSSR count). The van der Waals surface area contributed by atoms with Gasteiger partial charge in [-0.3, -0.25) is 4.79 Å². The molecular formula is C10H13N3O4. The van der Waals surface area contributed by atoms with Crippen molar-refractivity contribution in [1.82, 2.24) is 4.98 Å². The Hall–Kier alpha value is -2.05. The largest absolute Gasteiger partial charge is 0.476 e. The number of amides is 1. The zero-order chi connectivity index (χ0) is 12.6. The lowest BCUT2D eigenvalue weighted by molar-refractivity contribution is -0.125. The highest BCUT2D eigenvalue weighted by Gasteiger charge is 2.40. The summed E-state index contributed by atoms with van der Waals surface area (Å²) in [7, 11) is 0. The summed E-state index contributed by atoms with van der Waals surface area (Å²) in [5.41, 5.74) is 4.56. The molecule has 1 atom stereocenters. The first-order valence-corrected chi connectivity index (χ1v) is 5.16. The molecule has 0 aliphatic carbocycles. The highest BCUT2D eigenvalue weighted by atomic mass is 16.4. The number of carbonyl (C=O) groups excluding carboxylic acids is 1. The first kappa shape index (κ1) is 11.4. The van der Waals surface area contributed by atoms with Gasteiger partial charge in [-0.15, -0.1) is 0 Å². The summed E-state index contributed by atoms with van der Waals surface area (Å²) in [6, 6.07) is 0.215. The molecule has 1 aliphatic heterocycles. The number of carboxylic acids is 1. The number of carbonyl (C=O) groups is 2. The molecule has 1 saturated heterocycles. The van der Waals surface area contributed by atoms with Crippen molar-refractivity contribution in [3.8, 4) is 0 Å². The monoisotopic (exact) mass is 239 g/mol. The molecule has 7 nitrogen and oxygen atoms in total. The number of aromatic nitrogens is 1. The minimum absolute atomic E-state index is 0.146. The van der Waals surface area contributed by atoms with Crippen LogP contribution in [0.25, 0.3) is 0 Å². The quantitative estimate of drug-likeness (QED) is 0.772. The molecule has 0 radical (unpaired) electrons. The molecule has 0 saturated carbocycles. The number of hydrogen-bond donors (Lipinski definition) is 2. The average molecular weight is 239 g/mol. The Morgan fingerprint density at radius 3 is 2.82 bits per heavy atom. The molecule has 3 N–H and O–H groups in total. The molecule has 2 heterocycles. The van der Waals surface area contributed by atoms with Gasteiger partial charge in [-0.25, -0.2) is 4.79 Å². The summed E-state index contributed by atoms with van der Waals surface area (Å²) in [5, 5.41) is 8.72. The van der Waals surface area contributed by atoms with Crippen molar-refractivity contribution in [3.63, 3.8) is 0 Å². The molecule has 1 aromatic rings. The number of oxazole rings is 1. The molecule has 0 aromatic carbocycles. The fourth-order valence-corrected chi connectivity index (χ4v) is 1.83. The van der Waals surface area contributed by atoms with Gasteiger partial charge in [0.1, 0.15) is 6.26 Å². The summed E-state index contributed by atoms with van der Waals surface area (Å²) in [4.78, 5) is 27.5. The van der Waals surface area contributed by atoms with Crippen molar-refractivity contribution in [2.24, 2.45) is 11.1 Å². The summed E-state index contributed by atoms with van der Waals surface area (Å²) < 4.78 is 5.06. The van der Waals surface area contributed by atoms with Crippen LogP contribution in [0, 0.1) is 5.41 Å². The van der Waals surface area contributed by atoms with Crippen LogP contribution in [0.5, 0.6) is 0 Å². The maximum Gasteiger partial charge on any atom is 0.357 e. The van der Waals surface area contributed by atoms with Gasteiger partial charge >= 0.3 is 5.97 Å². The van der Waals surface area contributed by atoms with Crippen molar-refractivity contribution < 1.29 is 19.1 Å². The van der Waals surface area contributed by atoms with E-state index in [2.05, 4.69) is 4.98 Å². The Kier molecular flexibility index (Phi) is 2.53. The lowest BCUT2D eigenvalue weighted by Crippen LogP contribution is -2.37. The van der Waals surface area contributed by atoms with Crippen LogP contribution in [0.15, 0.2) is 10.7 Å². The molecule has 7 heteroatoms. The molecule has 1 fully saturated rings. The highest BCUT2D eigenvalue weighted by Crippen LogP contribution is 2.32. The van der Waals surface area contributed by atoms with E-state index >= 15 is 0 Å². The van der Waals surface area contributed by atoms with Gasteiger partial charge in [0.2, 0.25) is 5.91 Å². The molecule has 1 aromatic heterocycles. The fraction of sp³-hybridized carbons (Fsp3) is 0.500. The van der Waals surface area contributed by atoms with Crippen molar-refractivity contribution in [2.75, 3.05) is 18.0 Å². The summed E-state index contributed by atoms with van der Waals surface area (Å²) >= 11 is 0. The van der Waals surface area contributed by atoms with Gasteiger partial charge in [-0.1, -0.05) is 0 Å². The van der Waals surface area contributed by atoms with Gasteiger partial charge in [0.15, 0.2) is 5.69 Å². The molecular weight excluding hydrogens is 226 g/mol. The topological polar surface area (TPSA) is 110 Å². The number of carboxylic acid groups (broad SMARTS) is 1. The van der Waals surface area contributed by atoms with Crippen LogP contribution in [0.4, 0.5) is 6.01 Å². The lowest BCUT2D eigenvalue weighted by atomic mass is 9.89. The number of nitrogens with two attached hydrogens (primary N) is 1. The van der Waals surface area contributed by atoms with Gasteiger partial charge in [0.05, 0.1) is 5.41 Å². The Bertz CT molecular complexity index is 470. The number of rotatable bonds is 3. The number of nitrogens with zero attached hydrogens (tertiary/aromatic N) is 2. The lowest BCUT2D eigenvalue weighted by Gasteiger charge is -2.19. The Morgan fingerprint density at radius 1 is 1.65 bits per heavy atom. The fourth-order valence-electron chi connectivity index (χ4n) is 1.83. The van der Waals surface area contributed by atoms with Crippen LogP contribution in [-0.4, -0.2) is 35.1 Å². The zero-order valence-corrected chi connectivity index (χ0v) is 9.34. The Balaban J connectivity index is 2.15. The Morgan fingerprint density at radius 2 is 2.35 bits per heavy atom. The molecule has 0 bridgehead atoms. The van der Waals surface area contributed by atoms with E-state index in [4.69, 9.17) is 15.3 Å². The van der Waals surface area contributed by atoms with E-state index in [0.29, 0.717) is 19.5 Å². The predicted octanol–water partition coefficient (Wildman–Crippen LogP) is 0.0745. The maximum absolute atomic E-state index is 11.3. The van der Waals surface area contributed by atoms with Crippen LogP contribution >= 0.6 is 0 Å².